The van der Waals surface area contributed by atoms with Gasteiger partial charge in [-0.15, -0.1) is 0 Å². The van der Waals surface area contributed by atoms with Crippen LogP contribution in [0.2, 0.25) is 0 Å². The molecule has 1 aromatic carbocycles. The first-order valence-electron chi connectivity index (χ1n) is 4.70. The number of pyridine rings is 1. The maximum absolute atomic E-state index is 4.37. The van der Waals surface area contributed by atoms with Gasteiger partial charge in [0.15, 0.2) is 0 Å². The Morgan fingerprint density at radius 3 is 2.50 bits per heavy atom. The summed E-state index contributed by atoms with van der Waals surface area (Å²) in [5.74, 6) is 0. The topological polar surface area (TPSA) is 12.9 Å². The lowest BCUT2D eigenvalue weighted by Crippen LogP contribution is -1.89. The average Bonchev–Trinajstić information content (AvgIpc) is 2.18. The fourth-order valence-electron chi connectivity index (χ4n) is 1.67. The molecule has 0 fully saturated rings. The Hall–Kier alpha value is -1.63. The maximum atomic E-state index is 4.37. The minimum Gasteiger partial charge on any atom is -0.260 e. The number of hydrogen-bond donors (Lipinski definition) is 0. The molecule has 1 aromatic heterocycles. The Morgan fingerprint density at radius 2 is 1.86 bits per heavy atom. The number of hydrogen-bond acceptors (Lipinski definition) is 1. The lowest BCUT2D eigenvalue weighted by atomic mass is 10.0. The van der Waals surface area contributed by atoms with Gasteiger partial charge in [-0.1, -0.05) is 30.8 Å². The second-order valence-electron chi connectivity index (χ2n) is 3.58. The molecule has 0 bridgehead atoms. The third-order valence-electron chi connectivity index (χ3n) is 2.45. The van der Waals surface area contributed by atoms with Crippen LogP contribution in [0, 0.1) is 6.92 Å². The van der Waals surface area contributed by atoms with Gasteiger partial charge < -0.3 is 0 Å². The van der Waals surface area contributed by atoms with Crippen molar-refractivity contribution in [3.8, 4) is 0 Å². The van der Waals surface area contributed by atoms with Crippen LogP contribution in [0.3, 0.4) is 0 Å². The van der Waals surface area contributed by atoms with Crippen LogP contribution in [0.5, 0.6) is 0 Å². The molecule has 14 heavy (non-hydrogen) atoms. The van der Waals surface area contributed by atoms with Crippen LogP contribution in [0.1, 0.15) is 18.2 Å². The fourth-order valence-corrected chi connectivity index (χ4v) is 1.67. The molecule has 1 heteroatoms. The second-order valence-corrected chi connectivity index (χ2v) is 3.58. The summed E-state index contributed by atoms with van der Waals surface area (Å²) in [6.45, 7) is 8.01. The third kappa shape index (κ3) is 1.31. The molecule has 1 nitrogen and oxygen atoms in total. The number of aromatic nitrogens is 1. The molecule has 0 radical (unpaired) electrons. The minimum atomic E-state index is 1.06. The van der Waals surface area contributed by atoms with Crippen LogP contribution in [-0.2, 0) is 0 Å². The van der Waals surface area contributed by atoms with E-state index >= 15 is 0 Å². The summed E-state index contributed by atoms with van der Waals surface area (Å²) in [6, 6.07) is 8.31. The maximum Gasteiger partial charge on any atom is 0.0451 e. The average molecular weight is 183 g/mol. The zero-order chi connectivity index (χ0) is 10.1. The van der Waals surface area contributed by atoms with Gasteiger partial charge in [-0.3, -0.25) is 4.98 Å². The highest BCUT2D eigenvalue weighted by atomic mass is 14.7. The smallest absolute Gasteiger partial charge is 0.0451 e. The Balaban J connectivity index is 2.88. The summed E-state index contributed by atoms with van der Waals surface area (Å²) in [5.41, 5.74) is 3.28. The van der Waals surface area contributed by atoms with E-state index in [1.54, 1.807) is 0 Å². The van der Waals surface area contributed by atoms with E-state index in [2.05, 4.69) is 23.7 Å². The molecular formula is C13H13N. The van der Waals surface area contributed by atoms with Gasteiger partial charge in [0.05, 0.1) is 0 Å². The number of aryl methyl sites for hydroxylation is 1. The van der Waals surface area contributed by atoms with Crippen LogP contribution in [0.15, 0.2) is 37.0 Å². The molecule has 1 heterocycles. The van der Waals surface area contributed by atoms with E-state index in [1.165, 1.54) is 10.8 Å². The monoisotopic (exact) mass is 183 g/mol. The zero-order valence-electron chi connectivity index (χ0n) is 8.54. The Kier molecular flexibility index (Phi) is 2.08. The van der Waals surface area contributed by atoms with E-state index in [1.807, 2.05) is 32.2 Å². The van der Waals surface area contributed by atoms with E-state index in [4.69, 9.17) is 0 Å². The van der Waals surface area contributed by atoms with E-state index in [-0.39, 0.29) is 0 Å². The van der Waals surface area contributed by atoms with Gasteiger partial charge in [-0.05, 0) is 24.8 Å². The van der Waals surface area contributed by atoms with Crippen molar-refractivity contribution in [2.75, 3.05) is 0 Å². The highest BCUT2D eigenvalue weighted by molar-refractivity contribution is 5.93. The number of allylic oxidation sites excluding steroid dienone is 1. The Bertz CT molecular complexity index is 498. The largest absolute Gasteiger partial charge is 0.260 e. The van der Waals surface area contributed by atoms with Crippen LogP contribution >= 0.6 is 0 Å². The first-order chi connectivity index (χ1) is 6.70. The van der Waals surface area contributed by atoms with Crippen molar-refractivity contribution >= 4 is 16.3 Å². The lowest BCUT2D eigenvalue weighted by molar-refractivity contribution is 1.23. The van der Waals surface area contributed by atoms with E-state index in [0.717, 1.165) is 16.8 Å². The van der Waals surface area contributed by atoms with E-state index in [0.29, 0.717) is 0 Å². The van der Waals surface area contributed by atoms with Gasteiger partial charge in [-0.2, -0.15) is 0 Å². The predicted molar refractivity (Wildman–Crippen MR) is 61.2 cm³/mol. The van der Waals surface area contributed by atoms with E-state index in [9.17, 15) is 0 Å². The van der Waals surface area contributed by atoms with Crippen molar-refractivity contribution in [3.05, 3.63) is 48.3 Å². The first kappa shape index (κ1) is 8.95. The van der Waals surface area contributed by atoms with Gasteiger partial charge in [-0.25, -0.2) is 0 Å². The van der Waals surface area contributed by atoms with Gasteiger partial charge in [0, 0.05) is 22.8 Å². The number of nitrogens with zero attached hydrogens (tertiary/aromatic N) is 1. The Labute approximate surface area is 84.1 Å². The lowest BCUT2D eigenvalue weighted by Gasteiger charge is -2.07. The fraction of sp³-hybridized carbons (Fsp3) is 0.154. The van der Waals surface area contributed by atoms with Crippen LogP contribution in [-0.4, -0.2) is 4.98 Å². The molecule has 0 aliphatic rings. The molecule has 0 amide bonds. The molecule has 0 aliphatic heterocycles. The number of fused-ring (bicyclic) bond motifs is 1. The number of rotatable bonds is 1. The van der Waals surface area contributed by atoms with Gasteiger partial charge >= 0.3 is 0 Å². The summed E-state index contributed by atoms with van der Waals surface area (Å²) in [7, 11) is 0. The van der Waals surface area contributed by atoms with Crippen molar-refractivity contribution in [1.82, 2.24) is 4.98 Å². The van der Waals surface area contributed by atoms with Gasteiger partial charge in [0.2, 0.25) is 0 Å². The highest BCUT2D eigenvalue weighted by Crippen LogP contribution is 2.24. The van der Waals surface area contributed by atoms with Crippen molar-refractivity contribution in [3.63, 3.8) is 0 Å². The molecule has 70 valence electrons. The quantitative estimate of drug-likeness (QED) is 0.658. The SMILES string of the molecule is C=C(C)c1cnc(C)c2ccccc12. The molecule has 0 spiro atoms. The second kappa shape index (κ2) is 3.26. The normalized spacial score (nSPS) is 10.4. The van der Waals surface area contributed by atoms with Crippen molar-refractivity contribution < 1.29 is 0 Å². The molecule has 0 N–H and O–H groups in total. The Morgan fingerprint density at radius 1 is 1.21 bits per heavy atom. The summed E-state index contributed by atoms with van der Waals surface area (Å²) >= 11 is 0. The van der Waals surface area contributed by atoms with E-state index < -0.39 is 0 Å². The molecule has 0 aliphatic carbocycles. The zero-order valence-corrected chi connectivity index (χ0v) is 8.54. The van der Waals surface area contributed by atoms with Crippen molar-refractivity contribution in [2.45, 2.75) is 13.8 Å². The van der Waals surface area contributed by atoms with Crippen LogP contribution in [0.4, 0.5) is 0 Å². The molecule has 2 aromatic rings. The van der Waals surface area contributed by atoms with Crippen LogP contribution in [0.25, 0.3) is 16.3 Å². The highest BCUT2D eigenvalue weighted by Gasteiger charge is 2.03. The predicted octanol–water partition coefficient (Wildman–Crippen LogP) is 3.58. The van der Waals surface area contributed by atoms with Crippen molar-refractivity contribution in [1.29, 1.82) is 0 Å². The molecule has 2 rings (SSSR count). The molecule has 0 saturated heterocycles. The first-order valence-corrected chi connectivity index (χ1v) is 4.70. The van der Waals surface area contributed by atoms with Crippen LogP contribution < -0.4 is 0 Å². The minimum absolute atomic E-state index is 1.06. The molecule has 0 saturated carbocycles. The summed E-state index contributed by atoms with van der Waals surface area (Å²) < 4.78 is 0. The molecule has 0 atom stereocenters. The van der Waals surface area contributed by atoms with Crippen molar-refractivity contribution in [2.24, 2.45) is 0 Å². The number of benzene rings is 1. The third-order valence-corrected chi connectivity index (χ3v) is 2.45. The summed E-state index contributed by atoms with van der Waals surface area (Å²) in [6.07, 6.45) is 1.90. The summed E-state index contributed by atoms with van der Waals surface area (Å²) in [5, 5.41) is 2.46. The van der Waals surface area contributed by atoms with Gasteiger partial charge in [0.25, 0.3) is 0 Å². The van der Waals surface area contributed by atoms with Gasteiger partial charge in [0.1, 0.15) is 0 Å². The standard InChI is InChI=1S/C13H13N/c1-9(2)13-8-14-10(3)11-6-4-5-7-12(11)13/h4-8H,1H2,2-3H3. The molecule has 0 unspecified atom stereocenters. The summed E-state index contributed by atoms with van der Waals surface area (Å²) in [4.78, 5) is 4.37. The molecular weight excluding hydrogens is 170 g/mol.